The summed E-state index contributed by atoms with van der Waals surface area (Å²) >= 11 is 0. The molecule has 0 unspecified atom stereocenters. The summed E-state index contributed by atoms with van der Waals surface area (Å²) in [6.45, 7) is 7.45. The largest absolute Gasteiger partial charge is 0.433 e. The molecule has 0 saturated carbocycles. The first-order valence-electron chi connectivity index (χ1n) is 12.0. The lowest BCUT2D eigenvalue weighted by Crippen LogP contribution is -2.44. The van der Waals surface area contributed by atoms with Crippen molar-refractivity contribution in [3.63, 3.8) is 0 Å². The molecule has 37 heavy (non-hydrogen) atoms. The molecule has 12 heteroatoms. The predicted molar refractivity (Wildman–Crippen MR) is 136 cm³/mol. The number of anilines is 3. The Morgan fingerprint density at radius 3 is 2.32 bits per heavy atom. The quantitative estimate of drug-likeness (QED) is 0.432. The molecule has 1 fully saturated rings. The van der Waals surface area contributed by atoms with E-state index in [2.05, 4.69) is 37.1 Å². The summed E-state index contributed by atoms with van der Waals surface area (Å²) in [6.07, 6.45) is -3.24. The maximum Gasteiger partial charge on any atom is 0.433 e. The van der Waals surface area contributed by atoms with Gasteiger partial charge in [-0.15, -0.1) is 0 Å². The van der Waals surface area contributed by atoms with Gasteiger partial charge in [-0.3, -0.25) is 4.79 Å². The van der Waals surface area contributed by atoms with E-state index < -0.39 is 17.4 Å². The SMILES string of the molecule is CC(C)n1c(=O)c2cnc(Nc3ccc(N4CCN(C)CC4)cc3)nc2n1-c1cccc(C(F)(F)F)n1. The van der Waals surface area contributed by atoms with Crippen LogP contribution in [0.15, 0.2) is 53.5 Å². The van der Waals surface area contributed by atoms with Gasteiger partial charge in [-0.05, 0) is 57.3 Å². The first kappa shape index (κ1) is 24.8. The molecule has 1 aromatic carbocycles. The smallest absolute Gasteiger partial charge is 0.369 e. The summed E-state index contributed by atoms with van der Waals surface area (Å²) in [6, 6.07) is 11.1. The van der Waals surface area contributed by atoms with Crippen LogP contribution in [0.3, 0.4) is 0 Å². The highest BCUT2D eigenvalue weighted by atomic mass is 19.4. The molecular formula is C25H27F3N8O. The van der Waals surface area contributed by atoms with Crippen LogP contribution in [0.5, 0.6) is 0 Å². The number of rotatable bonds is 5. The number of piperazine rings is 1. The number of alkyl halides is 3. The van der Waals surface area contributed by atoms with Gasteiger partial charge in [0.05, 0.1) is 0 Å². The van der Waals surface area contributed by atoms with Crippen LogP contribution in [0.4, 0.5) is 30.5 Å². The zero-order valence-corrected chi connectivity index (χ0v) is 20.7. The van der Waals surface area contributed by atoms with Gasteiger partial charge in [-0.25, -0.2) is 19.3 Å². The fraction of sp³-hybridized carbons (Fsp3) is 0.360. The van der Waals surface area contributed by atoms with Gasteiger partial charge in [0, 0.05) is 49.8 Å². The van der Waals surface area contributed by atoms with Gasteiger partial charge in [-0.2, -0.15) is 18.2 Å². The van der Waals surface area contributed by atoms with E-state index in [0.29, 0.717) is 0 Å². The van der Waals surface area contributed by atoms with E-state index in [4.69, 9.17) is 0 Å². The highest BCUT2D eigenvalue weighted by Crippen LogP contribution is 2.29. The van der Waals surface area contributed by atoms with Crippen LogP contribution in [0.2, 0.25) is 0 Å². The maximum absolute atomic E-state index is 13.4. The third-order valence-electron chi connectivity index (χ3n) is 6.35. The Morgan fingerprint density at radius 2 is 1.68 bits per heavy atom. The molecular weight excluding hydrogens is 485 g/mol. The molecule has 0 radical (unpaired) electrons. The van der Waals surface area contributed by atoms with Gasteiger partial charge in [0.15, 0.2) is 11.5 Å². The van der Waals surface area contributed by atoms with Crippen LogP contribution in [0.1, 0.15) is 25.6 Å². The maximum atomic E-state index is 13.4. The second kappa shape index (κ2) is 9.51. The second-order valence-corrected chi connectivity index (χ2v) is 9.33. The van der Waals surface area contributed by atoms with Gasteiger partial charge in [-0.1, -0.05) is 6.07 Å². The van der Waals surface area contributed by atoms with Crippen molar-refractivity contribution in [1.29, 1.82) is 0 Å². The van der Waals surface area contributed by atoms with Crippen molar-refractivity contribution in [1.82, 2.24) is 29.2 Å². The molecule has 0 bridgehead atoms. The van der Waals surface area contributed by atoms with Crippen LogP contribution in [0.25, 0.3) is 16.9 Å². The van der Waals surface area contributed by atoms with E-state index in [0.717, 1.165) is 43.6 Å². The van der Waals surface area contributed by atoms with Crippen LogP contribution < -0.4 is 15.8 Å². The first-order valence-corrected chi connectivity index (χ1v) is 12.0. The number of benzene rings is 1. The number of pyridine rings is 1. The molecule has 4 heterocycles. The van der Waals surface area contributed by atoms with E-state index in [1.807, 2.05) is 24.3 Å². The van der Waals surface area contributed by atoms with Crippen molar-refractivity contribution in [3.8, 4) is 5.82 Å². The van der Waals surface area contributed by atoms with Crippen molar-refractivity contribution in [3.05, 3.63) is 64.7 Å². The number of nitrogens with one attached hydrogen (secondary N) is 1. The molecule has 4 aromatic rings. The number of halogens is 3. The van der Waals surface area contributed by atoms with Crippen molar-refractivity contribution in [2.45, 2.75) is 26.1 Å². The summed E-state index contributed by atoms with van der Waals surface area (Å²) in [5.41, 5.74) is 0.562. The van der Waals surface area contributed by atoms with Gasteiger partial charge >= 0.3 is 6.18 Å². The lowest BCUT2D eigenvalue weighted by atomic mass is 10.2. The number of fused-ring (bicyclic) bond motifs is 1. The Kier molecular flexibility index (Phi) is 6.36. The summed E-state index contributed by atoms with van der Waals surface area (Å²) < 4.78 is 42.7. The fourth-order valence-corrected chi connectivity index (χ4v) is 4.39. The van der Waals surface area contributed by atoms with E-state index >= 15 is 0 Å². The molecule has 0 atom stereocenters. The average Bonchev–Trinajstić information content (AvgIpc) is 3.16. The number of likely N-dealkylation sites (N-methyl/N-ethyl adjacent to an activating group) is 1. The van der Waals surface area contributed by atoms with Crippen LogP contribution in [0, 0.1) is 0 Å². The molecule has 1 N–H and O–H groups in total. The van der Waals surface area contributed by atoms with Crippen molar-refractivity contribution >= 4 is 28.4 Å². The van der Waals surface area contributed by atoms with Crippen LogP contribution in [-0.2, 0) is 6.18 Å². The van der Waals surface area contributed by atoms with E-state index in [1.54, 1.807) is 13.8 Å². The van der Waals surface area contributed by atoms with Crippen molar-refractivity contribution in [2.24, 2.45) is 0 Å². The van der Waals surface area contributed by atoms with E-state index in [9.17, 15) is 18.0 Å². The molecule has 1 aliphatic rings. The standard InChI is InChI=1S/C25H27F3N8O/c1-16(2)35-23(37)19-15-29-24(30-17-7-9-18(10-8-17)34-13-11-33(3)12-14-34)32-22(19)36(35)21-6-4-5-20(31-21)25(26,27)28/h4-10,15-16H,11-14H2,1-3H3,(H,29,30,32). The molecule has 194 valence electrons. The van der Waals surface area contributed by atoms with Crippen LogP contribution in [-0.4, -0.2) is 62.4 Å². The lowest BCUT2D eigenvalue weighted by Gasteiger charge is -2.34. The Morgan fingerprint density at radius 1 is 0.973 bits per heavy atom. The summed E-state index contributed by atoms with van der Waals surface area (Å²) in [5, 5.41) is 3.32. The highest BCUT2D eigenvalue weighted by molar-refractivity contribution is 5.77. The van der Waals surface area contributed by atoms with Crippen molar-refractivity contribution in [2.75, 3.05) is 43.4 Å². The van der Waals surface area contributed by atoms with E-state index in [1.165, 1.54) is 27.7 Å². The molecule has 5 rings (SSSR count). The molecule has 1 aliphatic heterocycles. The zero-order valence-electron chi connectivity index (χ0n) is 20.7. The second-order valence-electron chi connectivity index (χ2n) is 9.33. The molecule has 9 nitrogen and oxygen atoms in total. The van der Waals surface area contributed by atoms with E-state index in [-0.39, 0.29) is 28.8 Å². The third-order valence-corrected chi connectivity index (χ3v) is 6.35. The van der Waals surface area contributed by atoms with Crippen molar-refractivity contribution < 1.29 is 13.2 Å². The number of hydrogen-bond donors (Lipinski definition) is 1. The summed E-state index contributed by atoms with van der Waals surface area (Å²) in [4.78, 5) is 30.3. The Labute approximate surface area is 211 Å². The average molecular weight is 513 g/mol. The summed E-state index contributed by atoms with van der Waals surface area (Å²) in [5.74, 6) is 0.151. The Bertz CT molecular complexity index is 1470. The monoisotopic (exact) mass is 512 g/mol. The zero-order chi connectivity index (χ0) is 26.3. The Hall–Kier alpha value is -3.93. The molecule has 0 spiro atoms. The third kappa shape index (κ3) is 4.88. The summed E-state index contributed by atoms with van der Waals surface area (Å²) in [7, 11) is 2.11. The molecule has 0 amide bonds. The highest BCUT2D eigenvalue weighted by Gasteiger charge is 2.33. The number of aromatic nitrogens is 5. The lowest BCUT2D eigenvalue weighted by molar-refractivity contribution is -0.141. The van der Waals surface area contributed by atoms with Gasteiger partial charge in [0.25, 0.3) is 5.56 Å². The number of nitrogens with zero attached hydrogens (tertiary/aromatic N) is 7. The van der Waals surface area contributed by atoms with Gasteiger partial charge in [0.2, 0.25) is 5.95 Å². The molecule has 1 saturated heterocycles. The van der Waals surface area contributed by atoms with Gasteiger partial charge in [0.1, 0.15) is 11.1 Å². The van der Waals surface area contributed by atoms with Crippen LogP contribution >= 0.6 is 0 Å². The fourth-order valence-electron chi connectivity index (χ4n) is 4.39. The topological polar surface area (TPSA) is 84.1 Å². The number of hydrogen-bond acceptors (Lipinski definition) is 7. The van der Waals surface area contributed by atoms with Gasteiger partial charge < -0.3 is 15.1 Å². The Balaban J connectivity index is 1.51. The minimum absolute atomic E-state index is 0.0585. The molecule has 3 aromatic heterocycles. The first-order chi connectivity index (χ1) is 17.6. The normalized spacial score (nSPS) is 15.1. The molecule has 0 aliphatic carbocycles. The predicted octanol–water partition coefficient (Wildman–Crippen LogP) is 4.07. The minimum Gasteiger partial charge on any atom is -0.369 e. The minimum atomic E-state index is -4.63.